The molecule has 3 rings (SSSR count). The highest BCUT2D eigenvalue weighted by atomic mass is 35.5. The van der Waals surface area contributed by atoms with E-state index in [4.69, 9.17) is 0 Å². The Balaban J connectivity index is 0.00000144. The molecule has 2 unspecified atom stereocenters. The van der Waals surface area contributed by atoms with Crippen LogP contribution in [0.15, 0.2) is 24.3 Å². The Labute approximate surface area is 157 Å². The molecule has 0 spiro atoms. The van der Waals surface area contributed by atoms with E-state index in [0.717, 1.165) is 39.1 Å². The molecule has 2 heterocycles. The summed E-state index contributed by atoms with van der Waals surface area (Å²) in [7, 11) is 0. The largest absolute Gasteiger partial charge is 0.354 e. The van der Waals surface area contributed by atoms with Gasteiger partial charge in [0.1, 0.15) is 0 Å². The van der Waals surface area contributed by atoms with Crippen LogP contribution in [0.5, 0.6) is 0 Å². The zero-order chi connectivity index (χ0) is 15.5. The first kappa shape index (κ1) is 21.2. The Hall–Kier alpha value is -0.810. The molecule has 0 radical (unpaired) electrons. The summed E-state index contributed by atoms with van der Waals surface area (Å²) in [5.74, 6) is 0.837. The van der Waals surface area contributed by atoms with Gasteiger partial charge in [-0.05, 0) is 43.5 Å². The molecule has 0 bridgehead atoms. The molecule has 0 saturated carbocycles. The van der Waals surface area contributed by atoms with Crippen LogP contribution >= 0.6 is 24.8 Å². The van der Waals surface area contributed by atoms with Crippen molar-refractivity contribution in [2.24, 2.45) is 11.8 Å². The summed E-state index contributed by atoms with van der Waals surface area (Å²) in [6.07, 6.45) is 1.11. The molecule has 2 atom stereocenters. The maximum atomic E-state index is 12.2. The molecular weight excluding hydrogens is 345 g/mol. The third kappa shape index (κ3) is 4.85. The maximum Gasteiger partial charge on any atom is 0.223 e. The van der Waals surface area contributed by atoms with Gasteiger partial charge in [0.05, 0.1) is 0 Å². The molecular formula is C18H29Cl2N3O. The lowest BCUT2D eigenvalue weighted by Crippen LogP contribution is -2.51. The van der Waals surface area contributed by atoms with Crippen molar-refractivity contribution in [3.8, 4) is 0 Å². The van der Waals surface area contributed by atoms with Crippen molar-refractivity contribution in [3.05, 3.63) is 35.4 Å². The topological polar surface area (TPSA) is 44.4 Å². The molecule has 4 nitrogen and oxygen atoms in total. The summed E-state index contributed by atoms with van der Waals surface area (Å²) in [5.41, 5.74) is 2.90. The highest BCUT2D eigenvalue weighted by molar-refractivity contribution is 5.85. The van der Waals surface area contributed by atoms with E-state index < -0.39 is 0 Å². The normalized spacial score (nSPS) is 19.8. The highest BCUT2D eigenvalue weighted by Gasteiger charge is 2.29. The summed E-state index contributed by atoms with van der Waals surface area (Å²) in [6.45, 7) is 9.03. The lowest BCUT2D eigenvalue weighted by atomic mass is 9.88. The molecule has 2 N–H and O–H groups in total. The molecule has 1 saturated heterocycles. The number of rotatable bonds is 5. The van der Waals surface area contributed by atoms with Crippen molar-refractivity contribution in [1.29, 1.82) is 0 Å². The third-order valence-corrected chi connectivity index (χ3v) is 5.29. The lowest BCUT2D eigenvalue weighted by Gasteiger charge is -2.35. The predicted molar refractivity (Wildman–Crippen MR) is 103 cm³/mol. The van der Waals surface area contributed by atoms with E-state index in [1.54, 1.807) is 0 Å². The minimum Gasteiger partial charge on any atom is -0.354 e. The van der Waals surface area contributed by atoms with Crippen LogP contribution in [0.3, 0.4) is 0 Å². The predicted octanol–water partition coefficient (Wildman–Crippen LogP) is 2.25. The molecule has 0 aliphatic carbocycles. The Kier molecular flexibility index (Phi) is 8.51. The highest BCUT2D eigenvalue weighted by Crippen LogP contribution is 2.20. The summed E-state index contributed by atoms with van der Waals surface area (Å²) >= 11 is 0. The van der Waals surface area contributed by atoms with Crippen molar-refractivity contribution in [1.82, 2.24) is 15.5 Å². The fourth-order valence-corrected chi connectivity index (χ4v) is 3.31. The number of nitrogens with one attached hydrogen (secondary N) is 2. The second-order valence-electron chi connectivity index (χ2n) is 6.79. The van der Waals surface area contributed by atoms with Gasteiger partial charge < -0.3 is 10.6 Å². The second-order valence-corrected chi connectivity index (χ2v) is 6.79. The van der Waals surface area contributed by atoms with Gasteiger partial charge in [0.2, 0.25) is 5.91 Å². The minimum atomic E-state index is 0. The zero-order valence-electron chi connectivity index (χ0n) is 14.5. The minimum absolute atomic E-state index is 0. The summed E-state index contributed by atoms with van der Waals surface area (Å²) < 4.78 is 0. The van der Waals surface area contributed by atoms with Crippen LogP contribution in [0.25, 0.3) is 0 Å². The van der Waals surface area contributed by atoms with Gasteiger partial charge in [0.25, 0.3) is 0 Å². The van der Waals surface area contributed by atoms with Crippen LogP contribution in [0.4, 0.5) is 0 Å². The molecule has 6 heteroatoms. The number of halogens is 2. The first-order chi connectivity index (χ1) is 10.6. The van der Waals surface area contributed by atoms with E-state index in [-0.39, 0.29) is 36.6 Å². The van der Waals surface area contributed by atoms with Crippen LogP contribution in [0.1, 0.15) is 25.0 Å². The number of benzene rings is 1. The average molecular weight is 374 g/mol. The number of carbonyl (C=O) groups is 1. The van der Waals surface area contributed by atoms with Crippen molar-refractivity contribution in [2.75, 3.05) is 26.2 Å². The second kappa shape index (κ2) is 9.62. The van der Waals surface area contributed by atoms with Crippen molar-refractivity contribution in [3.63, 3.8) is 0 Å². The van der Waals surface area contributed by atoms with E-state index in [2.05, 4.69) is 46.7 Å². The number of nitrogens with zero attached hydrogens (tertiary/aromatic N) is 1. The van der Waals surface area contributed by atoms with Crippen molar-refractivity contribution in [2.45, 2.75) is 32.9 Å². The molecule has 0 aromatic heterocycles. The molecule has 1 aromatic carbocycles. The van der Waals surface area contributed by atoms with Gasteiger partial charge in [-0.2, -0.15) is 0 Å². The first-order valence-electron chi connectivity index (χ1n) is 8.44. The van der Waals surface area contributed by atoms with Gasteiger partial charge in [-0.15, -0.1) is 24.8 Å². The first-order valence-corrected chi connectivity index (χ1v) is 8.44. The molecule has 1 aromatic rings. The Morgan fingerprint density at radius 1 is 1.25 bits per heavy atom. The van der Waals surface area contributed by atoms with Gasteiger partial charge >= 0.3 is 0 Å². The summed E-state index contributed by atoms with van der Waals surface area (Å²) in [4.78, 5) is 14.7. The molecule has 136 valence electrons. The Morgan fingerprint density at radius 2 is 1.92 bits per heavy atom. The number of hydrogen-bond donors (Lipinski definition) is 2. The van der Waals surface area contributed by atoms with Gasteiger partial charge in [-0.1, -0.05) is 31.2 Å². The monoisotopic (exact) mass is 373 g/mol. The zero-order valence-corrected chi connectivity index (χ0v) is 16.1. The van der Waals surface area contributed by atoms with E-state index in [1.165, 1.54) is 11.1 Å². The fourth-order valence-electron chi connectivity index (χ4n) is 3.31. The molecule has 2 aliphatic heterocycles. The summed E-state index contributed by atoms with van der Waals surface area (Å²) in [6, 6.07) is 9.06. The lowest BCUT2D eigenvalue weighted by molar-refractivity contribution is -0.126. The Morgan fingerprint density at radius 3 is 2.54 bits per heavy atom. The van der Waals surface area contributed by atoms with Crippen molar-refractivity contribution < 1.29 is 4.79 Å². The molecule has 24 heavy (non-hydrogen) atoms. The summed E-state index contributed by atoms with van der Waals surface area (Å²) in [5, 5.41) is 6.38. The van der Waals surface area contributed by atoms with Crippen LogP contribution in [-0.4, -0.2) is 43.0 Å². The van der Waals surface area contributed by atoms with E-state index in [9.17, 15) is 4.79 Å². The van der Waals surface area contributed by atoms with Crippen LogP contribution in [0, 0.1) is 11.8 Å². The van der Waals surface area contributed by atoms with Crippen LogP contribution in [0.2, 0.25) is 0 Å². The number of hydrogen-bond acceptors (Lipinski definition) is 3. The smallest absolute Gasteiger partial charge is 0.223 e. The Bertz CT molecular complexity index is 537. The fraction of sp³-hybridized carbons (Fsp3) is 0.611. The maximum absolute atomic E-state index is 12.2. The number of fused-ring (bicyclic) bond motifs is 1. The molecule has 2 aliphatic rings. The molecule has 1 fully saturated rings. The van der Waals surface area contributed by atoms with E-state index in [1.807, 2.05) is 6.92 Å². The third-order valence-electron chi connectivity index (χ3n) is 5.29. The van der Waals surface area contributed by atoms with Gasteiger partial charge in [0, 0.05) is 31.6 Å². The molecule has 1 amide bonds. The van der Waals surface area contributed by atoms with Crippen LogP contribution in [-0.2, 0) is 17.8 Å². The van der Waals surface area contributed by atoms with Gasteiger partial charge in [0.15, 0.2) is 0 Å². The SMILES string of the molecule is CC(C(=O)NCC(C)N1CCc2ccccc2C1)C1CNC1.Cl.Cl. The average Bonchev–Trinajstić information content (AvgIpc) is 2.50. The van der Waals surface area contributed by atoms with Gasteiger partial charge in [-0.3, -0.25) is 9.69 Å². The van der Waals surface area contributed by atoms with E-state index in [0.29, 0.717) is 12.0 Å². The van der Waals surface area contributed by atoms with E-state index >= 15 is 0 Å². The quantitative estimate of drug-likeness (QED) is 0.831. The number of carbonyl (C=O) groups excluding carboxylic acids is 1. The van der Waals surface area contributed by atoms with Crippen LogP contribution < -0.4 is 10.6 Å². The van der Waals surface area contributed by atoms with Gasteiger partial charge in [-0.25, -0.2) is 0 Å². The standard InChI is InChI=1S/C18H27N3O.2ClH/c1-13(9-20-18(22)14(2)17-10-19-11-17)21-8-7-15-5-3-4-6-16(15)12-21;;/h3-6,13-14,17,19H,7-12H2,1-2H3,(H,20,22);2*1H. The number of amides is 1. The van der Waals surface area contributed by atoms with Crippen molar-refractivity contribution >= 4 is 30.7 Å².